The minimum atomic E-state index is 0.133. The van der Waals surface area contributed by atoms with E-state index in [4.69, 9.17) is 10.8 Å². The average Bonchev–Trinajstić information content (AvgIpc) is 3.04. The summed E-state index contributed by atoms with van der Waals surface area (Å²) in [5, 5.41) is 5.93. The van der Waals surface area contributed by atoms with Gasteiger partial charge in [0.25, 0.3) is 0 Å². The van der Waals surface area contributed by atoms with Gasteiger partial charge in [-0.3, -0.25) is 4.68 Å². The predicted molar refractivity (Wildman–Crippen MR) is 84.1 cm³/mol. The van der Waals surface area contributed by atoms with Crippen LogP contribution in [0.4, 0.5) is 0 Å². The van der Waals surface area contributed by atoms with Gasteiger partial charge in [0.2, 0.25) is 0 Å². The van der Waals surface area contributed by atoms with Crippen LogP contribution in [-0.4, -0.2) is 25.4 Å². The van der Waals surface area contributed by atoms with Crippen molar-refractivity contribution in [3.05, 3.63) is 48.2 Å². The van der Waals surface area contributed by atoms with E-state index >= 15 is 0 Å². The molecule has 0 fully saturated rings. The van der Waals surface area contributed by atoms with Crippen LogP contribution < -0.4 is 5.73 Å². The van der Waals surface area contributed by atoms with Crippen molar-refractivity contribution < 1.29 is 0 Å². The number of aromatic nitrogens is 4. The molecule has 2 aromatic heterocycles. The molecule has 5 nitrogen and oxygen atoms in total. The number of imidazole rings is 1. The van der Waals surface area contributed by atoms with Crippen LogP contribution in [0.3, 0.4) is 0 Å². The molecule has 1 atom stereocenters. The van der Waals surface area contributed by atoms with E-state index in [2.05, 4.69) is 46.9 Å². The van der Waals surface area contributed by atoms with Gasteiger partial charge in [-0.2, -0.15) is 5.10 Å². The Morgan fingerprint density at radius 3 is 2.86 bits per heavy atom. The van der Waals surface area contributed by atoms with Crippen molar-refractivity contribution in [2.75, 3.05) is 0 Å². The summed E-state index contributed by atoms with van der Waals surface area (Å²) in [7, 11) is 0. The lowest BCUT2D eigenvalue weighted by Crippen LogP contribution is -2.17. The van der Waals surface area contributed by atoms with Gasteiger partial charge in [0.05, 0.1) is 29.8 Å². The average molecular weight is 283 g/mol. The number of fused-ring (bicyclic) bond motifs is 1. The van der Waals surface area contributed by atoms with Gasteiger partial charge in [0.1, 0.15) is 0 Å². The Morgan fingerprint density at radius 1 is 1.29 bits per heavy atom. The first kappa shape index (κ1) is 13.8. The van der Waals surface area contributed by atoms with Crippen molar-refractivity contribution in [2.45, 2.75) is 39.4 Å². The van der Waals surface area contributed by atoms with Crippen LogP contribution in [0.2, 0.25) is 0 Å². The van der Waals surface area contributed by atoms with Crippen molar-refractivity contribution in [1.82, 2.24) is 19.3 Å². The molecule has 1 aromatic carbocycles. The molecule has 0 aliphatic rings. The lowest BCUT2D eigenvalue weighted by molar-refractivity contribution is 0.653. The fourth-order valence-electron chi connectivity index (χ4n) is 2.66. The molecule has 0 aliphatic heterocycles. The highest BCUT2D eigenvalue weighted by Crippen LogP contribution is 2.19. The topological polar surface area (TPSA) is 61.7 Å². The molecular formula is C16H21N5. The summed E-state index contributed by atoms with van der Waals surface area (Å²) in [6.45, 7) is 5.72. The van der Waals surface area contributed by atoms with E-state index < -0.39 is 0 Å². The van der Waals surface area contributed by atoms with Gasteiger partial charge in [0.15, 0.2) is 0 Å². The highest BCUT2D eigenvalue weighted by molar-refractivity contribution is 5.81. The van der Waals surface area contributed by atoms with Gasteiger partial charge in [-0.05, 0) is 19.9 Å². The minimum Gasteiger partial charge on any atom is -0.331 e. The molecule has 0 spiro atoms. The van der Waals surface area contributed by atoms with E-state index in [9.17, 15) is 0 Å². The Balaban J connectivity index is 1.89. The zero-order valence-corrected chi connectivity index (χ0v) is 12.5. The molecule has 0 bridgehead atoms. The minimum absolute atomic E-state index is 0.133. The Labute approximate surface area is 124 Å². The summed E-state index contributed by atoms with van der Waals surface area (Å²) in [5.41, 5.74) is 9.12. The number of para-hydroxylation sites is 1. The molecule has 0 saturated carbocycles. The van der Waals surface area contributed by atoms with Crippen molar-refractivity contribution in [3.8, 4) is 0 Å². The van der Waals surface area contributed by atoms with Crippen molar-refractivity contribution in [3.63, 3.8) is 0 Å². The smallest absolute Gasteiger partial charge is 0.0953 e. The lowest BCUT2D eigenvalue weighted by Gasteiger charge is -2.01. The van der Waals surface area contributed by atoms with Crippen LogP contribution in [0.25, 0.3) is 10.9 Å². The van der Waals surface area contributed by atoms with Crippen molar-refractivity contribution >= 4 is 10.9 Å². The summed E-state index contributed by atoms with van der Waals surface area (Å²) in [6.07, 6.45) is 4.72. The molecule has 0 saturated heterocycles. The van der Waals surface area contributed by atoms with Crippen LogP contribution in [0.15, 0.2) is 36.8 Å². The Hall–Kier alpha value is -2.14. The largest absolute Gasteiger partial charge is 0.331 e. The molecule has 110 valence electrons. The quantitative estimate of drug-likeness (QED) is 0.780. The maximum atomic E-state index is 5.82. The molecule has 2 N–H and O–H groups in total. The number of nitrogens with two attached hydrogens (primary N) is 1. The maximum Gasteiger partial charge on any atom is 0.0953 e. The van der Waals surface area contributed by atoms with Crippen LogP contribution in [-0.2, 0) is 19.5 Å². The van der Waals surface area contributed by atoms with Crippen LogP contribution >= 0.6 is 0 Å². The maximum absolute atomic E-state index is 5.82. The van der Waals surface area contributed by atoms with Crippen LogP contribution in [0.5, 0.6) is 0 Å². The summed E-state index contributed by atoms with van der Waals surface area (Å²) < 4.78 is 4.12. The second-order valence-corrected chi connectivity index (χ2v) is 5.50. The Kier molecular flexibility index (Phi) is 3.75. The van der Waals surface area contributed by atoms with E-state index in [0.29, 0.717) is 0 Å². The number of hydrogen-bond donors (Lipinski definition) is 1. The third kappa shape index (κ3) is 2.83. The van der Waals surface area contributed by atoms with E-state index in [1.807, 2.05) is 17.9 Å². The SMILES string of the molecule is CCn1nc(Cn2cnc(CC(C)N)c2)c2ccccc21. The van der Waals surface area contributed by atoms with Crippen molar-refractivity contribution in [1.29, 1.82) is 0 Å². The zero-order chi connectivity index (χ0) is 14.8. The van der Waals surface area contributed by atoms with Gasteiger partial charge in [-0.1, -0.05) is 18.2 Å². The molecule has 0 radical (unpaired) electrons. The molecule has 0 aliphatic carbocycles. The first-order valence-corrected chi connectivity index (χ1v) is 7.38. The van der Waals surface area contributed by atoms with Gasteiger partial charge in [0, 0.05) is 30.6 Å². The molecule has 3 rings (SSSR count). The Bertz CT molecular complexity index is 738. The summed E-state index contributed by atoms with van der Waals surface area (Å²) in [5.74, 6) is 0. The van der Waals surface area contributed by atoms with E-state index in [1.54, 1.807) is 0 Å². The molecule has 3 aromatic rings. The van der Waals surface area contributed by atoms with Crippen LogP contribution in [0, 0.1) is 0 Å². The molecule has 2 heterocycles. The zero-order valence-electron chi connectivity index (χ0n) is 12.5. The molecule has 5 heteroatoms. The normalized spacial score (nSPS) is 12.9. The fourth-order valence-corrected chi connectivity index (χ4v) is 2.66. The number of rotatable bonds is 5. The highest BCUT2D eigenvalue weighted by Gasteiger charge is 2.10. The number of aryl methyl sites for hydroxylation is 1. The number of hydrogen-bond acceptors (Lipinski definition) is 3. The predicted octanol–water partition coefficient (Wildman–Crippen LogP) is 2.19. The van der Waals surface area contributed by atoms with Gasteiger partial charge in [-0.25, -0.2) is 4.98 Å². The lowest BCUT2D eigenvalue weighted by atomic mass is 10.2. The summed E-state index contributed by atoms with van der Waals surface area (Å²) in [4.78, 5) is 4.41. The molecule has 1 unspecified atom stereocenters. The summed E-state index contributed by atoms with van der Waals surface area (Å²) in [6, 6.07) is 8.49. The third-order valence-electron chi connectivity index (χ3n) is 3.58. The third-order valence-corrected chi connectivity index (χ3v) is 3.58. The molecular weight excluding hydrogens is 262 g/mol. The molecule has 0 amide bonds. The summed E-state index contributed by atoms with van der Waals surface area (Å²) >= 11 is 0. The monoisotopic (exact) mass is 283 g/mol. The Morgan fingerprint density at radius 2 is 2.10 bits per heavy atom. The van der Waals surface area contributed by atoms with Crippen molar-refractivity contribution in [2.24, 2.45) is 5.73 Å². The van der Waals surface area contributed by atoms with E-state index in [1.165, 1.54) is 10.9 Å². The standard InChI is InChI=1S/C16H21N5/c1-3-21-16-7-5-4-6-14(16)15(19-21)10-20-9-13(18-11-20)8-12(2)17/h4-7,9,11-12H,3,8,10,17H2,1-2H3. The second-order valence-electron chi connectivity index (χ2n) is 5.50. The number of nitrogens with zero attached hydrogens (tertiary/aromatic N) is 4. The van der Waals surface area contributed by atoms with Crippen LogP contribution in [0.1, 0.15) is 25.2 Å². The fraction of sp³-hybridized carbons (Fsp3) is 0.375. The van der Waals surface area contributed by atoms with Gasteiger partial charge in [-0.15, -0.1) is 0 Å². The first-order valence-electron chi connectivity index (χ1n) is 7.38. The van der Waals surface area contributed by atoms with Gasteiger partial charge >= 0.3 is 0 Å². The number of benzene rings is 1. The van der Waals surface area contributed by atoms with Gasteiger partial charge < -0.3 is 10.3 Å². The van der Waals surface area contributed by atoms with E-state index in [0.717, 1.165) is 30.9 Å². The van der Waals surface area contributed by atoms with E-state index in [-0.39, 0.29) is 6.04 Å². The second kappa shape index (κ2) is 5.69. The first-order chi connectivity index (χ1) is 10.2. The highest BCUT2D eigenvalue weighted by atomic mass is 15.3. The molecule has 21 heavy (non-hydrogen) atoms.